The molecule has 0 N–H and O–H groups in total. The molecule has 0 nitrogen and oxygen atoms in total. The molecule has 0 aromatic heterocycles. The molecule has 0 aliphatic rings. The summed E-state index contributed by atoms with van der Waals surface area (Å²) in [5, 5.41) is 0. The van der Waals surface area contributed by atoms with E-state index < -0.39 is 0 Å². The molecule has 0 spiro atoms. The quantitative estimate of drug-likeness (QED) is 0.426. The van der Waals surface area contributed by atoms with Crippen molar-refractivity contribution in [3.05, 3.63) is 0 Å². The summed E-state index contributed by atoms with van der Waals surface area (Å²) in [7, 11) is 0. The zero-order chi connectivity index (χ0) is 5.41. The normalized spacial score (nSPS) is 6.00. The van der Waals surface area contributed by atoms with Crippen LogP contribution in [-0.2, 0) is 0 Å². The fraction of sp³-hybridized carbons (Fsp3) is 1.00. The maximum absolute atomic E-state index is 5.00. The topological polar surface area (TPSA) is 0 Å². The average Bonchev–Trinajstić information content (AvgIpc) is 1.39. The van der Waals surface area contributed by atoms with E-state index in [-0.39, 0.29) is 21.1 Å². The predicted octanol–water partition coefficient (Wildman–Crippen LogP) is 2.03. The van der Waals surface area contributed by atoms with E-state index in [9.17, 15) is 0 Å². The van der Waals surface area contributed by atoms with E-state index in [2.05, 4.69) is 9.88 Å². The number of hydrogen-bond donors (Lipinski definition) is 0. The Morgan fingerprint density at radius 2 is 1.50 bits per heavy atom. The number of rotatable bonds is 0. The molecule has 0 saturated carbocycles. The molecule has 0 aliphatic carbocycles. The molecule has 6 heavy (non-hydrogen) atoms. The van der Waals surface area contributed by atoms with Gasteiger partial charge in [0.05, 0.1) is 0 Å². The molecule has 0 aromatic carbocycles. The van der Waals surface area contributed by atoms with Crippen LogP contribution in [0.2, 0.25) is 9.88 Å². The Balaban J connectivity index is 0. The van der Waals surface area contributed by atoms with Crippen molar-refractivity contribution in [1.82, 2.24) is 0 Å². The average molecular weight is 213 g/mol. The molecule has 2 heteroatoms. The van der Waals surface area contributed by atoms with Crippen molar-refractivity contribution in [1.29, 1.82) is 0 Å². The molecule has 0 fully saturated rings. The van der Waals surface area contributed by atoms with Crippen molar-refractivity contribution in [3.63, 3.8) is 0 Å². The third kappa shape index (κ3) is 71.8. The fourth-order valence-corrected chi connectivity index (χ4v) is 0. The summed E-state index contributed by atoms with van der Waals surface area (Å²) in [6.45, 7) is 1.89. The molecule has 0 aliphatic heterocycles. The third-order valence-electron chi connectivity index (χ3n) is 0. The zero-order valence-electron chi connectivity index (χ0n) is 4.59. The van der Waals surface area contributed by atoms with Crippen molar-refractivity contribution < 1.29 is 0 Å². The van der Waals surface area contributed by atoms with Gasteiger partial charge in [-0.1, -0.05) is 6.92 Å². The van der Waals surface area contributed by atoms with Crippen molar-refractivity contribution in [2.24, 2.45) is 0 Å². The first-order valence-electron chi connectivity index (χ1n) is 1.97. The summed E-state index contributed by atoms with van der Waals surface area (Å²) in [6, 6.07) is 0. The Bertz CT molecular complexity index is 9.51. The van der Waals surface area contributed by atoms with Crippen LogP contribution >= 0.6 is 11.6 Å². The van der Waals surface area contributed by atoms with E-state index in [1.165, 1.54) is 0 Å². The second kappa shape index (κ2) is 16.5. The van der Waals surface area contributed by atoms with Crippen LogP contribution in [0.3, 0.4) is 0 Å². The van der Waals surface area contributed by atoms with Gasteiger partial charge in [-0.15, -0.1) is 11.6 Å². The predicted molar refractivity (Wildman–Crippen MR) is 33.9 cm³/mol. The van der Waals surface area contributed by atoms with Gasteiger partial charge in [0.2, 0.25) is 0 Å². The first-order chi connectivity index (χ1) is 2.83. The molecule has 38 valence electrons. The first-order valence-corrected chi connectivity index (χ1v) is 8.22. The summed E-state index contributed by atoms with van der Waals surface area (Å²) in [4.78, 5) is 4.59. The molecule has 0 amide bonds. The monoisotopic (exact) mass is 214 g/mol. The molecule has 0 unspecified atom stereocenters. The summed E-state index contributed by atoms with van der Waals surface area (Å²) in [5.74, 6) is 0.722. The summed E-state index contributed by atoms with van der Waals surface area (Å²) < 4.78 is 0. The molecule has 0 bridgehead atoms. The number of hydrogen-bond acceptors (Lipinski definition) is 0. The van der Waals surface area contributed by atoms with Crippen molar-refractivity contribution in [3.8, 4) is 0 Å². The van der Waals surface area contributed by atoms with E-state index in [4.69, 9.17) is 11.6 Å². The summed E-state index contributed by atoms with van der Waals surface area (Å²) >= 11 is 5.23. The van der Waals surface area contributed by atoms with Gasteiger partial charge in [-0.05, 0) is 0 Å². The van der Waals surface area contributed by atoms with E-state index in [1.54, 1.807) is 0 Å². The van der Waals surface area contributed by atoms with Crippen molar-refractivity contribution in [2.75, 3.05) is 5.88 Å². The Kier molecular flexibility index (Phi) is 28.0. The Labute approximate surface area is 55.5 Å². The van der Waals surface area contributed by atoms with Crippen molar-refractivity contribution >= 4 is 32.7 Å². The SMILES string of the molecule is CCCl.[CH3][Sn][CH3]. The number of halogens is 1. The van der Waals surface area contributed by atoms with Gasteiger partial charge in [0.25, 0.3) is 0 Å². The zero-order valence-corrected chi connectivity index (χ0v) is 8.20. The van der Waals surface area contributed by atoms with Gasteiger partial charge in [-0.25, -0.2) is 0 Å². The van der Waals surface area contributed by atoms with E-state index in [0.29, 0.717) is 0 Å². The van der Waals surface area contributed by atoms with Crippen molar-refractivity contribution in [2.45, 2.75) is 16.8 Å². The standard InChI is InChI=1S/C2H5Cl.2CH3.Sn/c1-2-3;;;/h2H2,1H3;2*1H3;. The van der Waals surface area contributed by atoms with Gasteiger partial charge >= 0.3 is 31.0 Å². The minimum absolute atomic E-state index is 0.230. The van der Waals surface area contributed by atoms with Gasteiger partial charge in [0.15, 0.2) is 0 Å². The van der Waals surface area contributed by atoms with Crippen LogP contribution in [-0.4, -0.2) is 27.0 Å². The van der Waals surface area contributed by atoms with Crippen LogP contribution < -0.4 is 0 Å². The van der Waals surface area contributed by atoms with Crippen LogP contribution in [0.4, 0.5) is 0 Å². The van der Waals surface area contributed by atoms with E-state index in [1.807, 2.05) is 6.92 Å². The van der Waals surface area contributed by atoms with Gasteiger partial charge in [-0.2, -0.15) is 0 Å². The molecular formula is C4H11ClSn. The fourth-order valence-electron chi connectivity index (χ4n) is 0. The van der Waals surface area contributed by atoms with Crippen LogP contribution in [0.1, 0.15) is 6.92 Å². The minimum atomic E-state index is 0.230. The maximum atomic E-state index is 5.00. The van der Waals surface area contributed by atoms with Crippen LogP contribution in [0.25, 0.3) is 0 Å². The van der Waals surface area contributed by atoms with Gasteiger partial charge in [0.1, 0.15) is 0 Å². The second-order valence-corrected chi connectivity index (χ2v) is 4.16. The molecule has 0 heterocycles. The summed E-state index contributed by atoms with van der Waals surface area (Å²) in [6.07, 6.45) is 0. The Morgan fingerprint density at radius 3 is 1.50 bits per heavy atom. The molecule has 0 rings (SSSR count). The first kappa shape index (κ1) is 10.1. The van der Waals surface area contributed by atoms with Gasteiger partial charge in [0, 0.05) is 5.88 Å². The van der Waals surface area contributed by atoms with Crippen LogP contribution in [0.5, 0.6) is 0 Å². The van der Waals surface area contributed by atoms with Crippen LogP contribution in [0.15, 0.2) is 0 Å². The Morgan fingerprint density at radius 1 is 1.50 bits per heavy atom. The number of alkyl halides is 1. The van der Waals surface area contributed by atoms with Gasteiger partial charge < -0.3 is 0 Å². The molecule has 0 aromatic rings. The summed E-state index contributed by atoms with van der Waals surface area (Å²) in [5.41, 5.74) is 0. The van der Waals surface area contributed by atoms with E-state index in [0.717, 1.165) is 5.88 Å². The molecule has 2 radical (unpaired) electrons. The third-order valence-corrected chi connectivity index (χ3v) is 0. The second-order valence-electron chi connectivity index (χ2n) is 0.767. The van der Waals surface area contributed by atoms with E-state index >= 15 is 0 Å². The molecular weight excluding hydrogens is 202 g/mol. The molecule has 0 saturated heterocycles. The molecule has 0 atom stereocenters. The van der Waals surface area contributed by atoms with Gasteiger partial charge in [-0.3, -0.25) is 0 Å². The van der Waals surface area contributed by atoms with Crippen LogP contribution in [0, 0.1) is 0 Å². The Hall–Kier alpha value is 1.09.